The molecule has 1 aliphatic heterocycles. The number of nitro groups is 1. The molecule has 3 aromatic carbocycles. The van der Waals surface area contributed by atoms with Crippen molar-refractivity contribution in [2.75, 3.05) is 23.0 Å². The SMILES string of the molecule is O=C(CN(c1cccc([N+](=O)[O-])c1)S(=O)(=O)c1ccccc1)Nc1ccc2c(c1)OCO2. The number of sulfonamides is 1. The van der Waals surface area contributed by atoms with E-state index >= 15 is 0 Å². The number of nitro benzene ring substituents is 1. The Balaban J connectivity index is 1.65. The van der Waals surface area contributed by atoms with Crippen LogP contribution in [-0.4, -0.2) is 32.6 Å². The lowest BCUT2D eigenvalue weighted by molar-refractivity contribution is -0.384. The average Bonchev–Trinajstić information content (AvgIpc) is 3.26. The first kappa shape index (κ1) is 21.1. The Morgan fingerprint density at radius 2 is 1.75 bits per heavy atom. The van der Waals surface area contributed by atoms with Crippen molar-refractivity contribution in [3.8, 4) is 11.5 Å². The molecule has 0 bridgehead atoms. The molecule has 0 atom stereocenters. The van der Waals surface area contributed by atoms with Gasteiger partial charge in [0, 0.05) is 23.9 Å². The summed E-state index contributed by atoms with van der Waals surface area (Å²) in [5.74, 6) is 0.345. The van der Waals surface area contributed by atoms with Gasteiger partial charge in [-0.25, -0.2) is 8.42 Å². The van der Waals surface area contributed by atoms with E-state index in [0.29, 0.717) is 17.2 Å². The van der Waals surface area contributed by atoms with Crippen LogP contribution in [0.15, 0.2) is 77.7 Å². The fourth-order valence-corrected chi connectivity index (χ4v) is 4.54. The van der Waals surface area contributed by atoms with Gasteiger partial charge in [0.1, 0.15) is 6.54 Å². The third-order valence-corrected chi connectivity index (χ3v) is 6.39. The van der Waals surface area contributed by atoms with Gasteiger partial charge in [-0.2, -0.15) is 0 Å². The van der Waals surface area contributed by atoms with Crippen LogP contribution < -0.4 is 19.1 Å². The Morgan fingerprint density at radius 1 is 1.00 bits per heavy atom. The number of benzene rings is 3. The molecule has 10 nitrogen and oxygen atoms in total. The van der Waals surface area contributed by atoms with Gasteiger partial charge in [0.25, 0.3) is 15.7 Å². The highest BCUT2D eigenvalue weighted by Crippen LogP contribution is 2.34. The third kappa shape index (κ3) is 4.32. The number of nitrogens with one attached hydrogen (secondary N) is 1. The Kier molecular flexibility index (Phi) is 5.65. The Morgan fingerprint density at radius 3 is 2.50 bits per heavy atom. The quantitative estimate of drug-likeness (QED) is 0.428. The van der Waals surface area contributed by atoms with Crippen molar-refractivity contribution in [2.24, 2.45) is 0 Å². The summed E-state index contributed by atoms with van der Waals surface area (Å²) >= 11 is 0. The van der Waals surface area contributed by atoms with Crippen LogP contribution in [0.2, 0.25) is 0 Å². The van der Waals surface area contributed by atoms with Crippen LogP contribution in [0.3, 0.4) is 0 Å². The van der Waals surface area contributed by atoms with E-state index in [0.717, 1.165) is 10.4 Å². The van der Waals surface area contributed by atoms with Crippen molar-refractivity contribution in [3.05, 3.63) is 82.9 Å². The van der Waals surface area contributed by atoms with Crippen molar-refractivity contribution in [3.63, 3.8) is 0 Å². The highest BCUT2D eigenvalue weighted by molar-refractivity contribution is 7.92. The molecule has 1 N–H and O–H groups in total. The normalized spacial score (nSPS) is 12.2. The topological polar surface area (TPSA) is 128 Å². The molecule has 1 amide bonds. The maximum atomic E-state index is 13.3. The molecule has 0 aromatic heterocycles. The number of carbonyl (C=O) groups excluding carboxylic acids is 1. The van der Waals surface area contributed by atoms with Gasteiger partial charge >= 0.3 is 0 Å². The van der Waals surface area contributed by atoms with Crippen molar-refractivity contribution in [1.29, 1.82) is 0 Å². The van der Waals surface area contributed by atoms with Crippen LogP contribution in [0.1, 0.15) is 0 Å². The minimum absolute atomic E-state index is 0.0103. The second-order valence-corrected chi connectivity index (χ2v) is 8.58. The maximum Gasteiger partial charge on any atom is 0.271 e. The molecular formula is C21H17N3O7S. The number of amides is 1. The lowest BCUT2D eigenvalue weighted by Gasteiger charge is -2.24. The summed E-state index contributed by atoms with van der Waals surface area (Å²) in [6.45, 7) is -0.532. The molecule has 0 unspecified atom stereocenters. The van der Waals surface area contributed by atoms with E-state index in [1.807, 2.05) is 0 Å². The standard InChI is InChI=1S/C21H17N3O7S/c25-21(22-15-9-10-19-20(11-15)31-14-30-19)13-23(16-5-4-6-17(12-16)24(26)27)32(28,29)18-7-2-1-3-8-18/h1-12H,13-14H2,(H,22,25). The first-order valence-corrected chi connectivity index (χ1v) is 10.8. The summed E-state index contributed by atoms with van der Waals surface area (Å²) in [6.07, 6.45) is 0. The molecule has 0 saturated carbocycles. The number of carbonyl (C=O) groups is 1. The van der Waals surface area contributed by atoms with Crippen LogP contribution in [0.25, 0.3) is 0 Å². The molecule has 0 fully saturated rings. The fraction of sp³-hybridized carbons (Fsp3) is 0.0952. The average molecular weight is 455 g/mol. The van der Waals surface area contributed by atoms with E-state index in [1.165, 1.54) is 30.3 Å². The predicted octanol–water partition coefficient (Wildman–Crippen LogP) is 3.16. The van der Waals surface area contributed by atoms with E-state index in [9.17, 15) is 23.3 Å². The van der Waals surface area contributed by atoms with E-state index in [1.54, 1.807) is 36.4 Å². The molecule has 11 heteroatoms. The molecule has 0 aliphatic carbocycles. The molecule has 0 saturated heterocycles. The van der Waals surface area contributed by atoms with E-state index in [4.69, 9.17) is 9.47 Å². The molecular weight excluding hydrogens is 438 g/mol. The maximum absolute atomic E-state index is 13.3. The Bertz CT molecular complexity index is 1280. The number of hydrogen-bond acceptors (Lipinski definition) is 7. The molecule has 164 valence electrons. The number of hydrogen-bond donors (Lipinski definition) is 1. The van der Waals surface area contributed by atoms with Gasteiger partial charge in [-0.1, -0.05) is 24.3 Å². The zero-order chi connectivity index (χ0) is 22.7. The smallest absolute Gasteiger partial charge is 0.271 e. The van der Waals surface area contributed by atoms with Gasteiger partial charge in [0.05, 0.1) is 15.5 Å². The van der Waals surface area contributed by atoms with Crippen LogP contribution in [0, 0.1) is 10.1 Å². The number of anilines is 2. The van der Waals surface area contributed by atoms with Crippen LogP contribution in [0.5, 0.6) is 11.5 Å². The lowest BCUT2D eigenvalue weighted by atomic mass is 10.2. The predicted molar refractivity (Wildman–Crippen MR) is 115 cm³/mol. The van der Waals surface area contributed by atoms with E-state index in [-0.39, 0.29) is 23.1 Å². The first-order chi connectivity index (χ1) is 15.3. The summed E-state index contributed by atoms with van der Waals surface area (Å²) in [7, 11) is -4.19. The van der Waals surface area contributed by atoms with Crippen molar-refractivity contribution in [1.82, 2.24) is 0 Å². The number of fused-ring (bicyclic) bond motifs is 1. The van der Waals surface area contributed by atoms with Crippen LogP contribution in [-0.2, 0) is 14.8 Å². The van der Waals surface area contributed by atoms with Crippen LogP contribution >= 0.6 is 0 Å². The molecule has 1 heterocycles. The number of non-ortho nitro benzene ring substituents is 1. The Hall–Kier alpha value is -4.12. The largest absolute Gasteiger partial charge is 0.454 e. The minimum Gasteiger partial charge on any atom is -0.454 e. The summed E-state index contributed by atoms with van der Waals surface area (Å²) in [4.78, 5) is 23.3. The third-order valence-electron chi connectivity index (χ3n) is 4.60. The van der Waals surface area contributed by atoms with E-state index < -0.39 is 27.4 Å². The molecule has 0 radical (unpaired) electrons. The fourth-order valence-electron chi connectivity index (χ4n) is 3.10. The molecule has 3 aromatic rings. The van der Waals surface area contributed by atoms with Gasteiger partial charge in [0.15, 0.2) is 11.5 Å². The Labute approximate surface area is 183 Å². The monoisotopic (exact) mass is 455 g/mol. The van der Waals surface area contributed by atoms with Gasteiger partial charge in [-0.05, 0) is 30.3 Å². The second-order valence-electron chi connectivity index (χ2n) is 6.72. The van der Waals surface area contributed by atoms with Gasteiger partial charge in [0.2, 0.25) is 12.7 Å². The molecule has 4 rings (SSSR count). The van der Waals surface area contributed by atoms with Crippen LogP contribution in [0.4, 0.5) is 17.1 Å². The van der Waals surface area contributed by atoms with Crippen molar-refractivity contribution >= 4 is 33.0 Å². The minimum atomic E-state index is -4.19. The second kappa shape index (κ2) is 8.55. The molecule has 0 spiro atoms. The lowest BCUT2D eigenvalue weighted by Crippen LogP contribution is -2.38. The molecule has 32 heavy (non-hydrogen) atoms. The van der Waals surface area contributed by atoms with Gasteiger partial charge < -0.3 is 14.8 Å². The first-order valence-electron chi connectivity index (χ1n) is 9.36. The summed E-state index contributed by atoms with van der Waals surface area (Å²) in [5.41, 5.74) is 0.0752. The number of ether oxygens (including phenoxy) is 2. The highest BCUT2D eigenvalue weighted by atomic mass is 32.2. The summed E-state index contributed by atoms with van der Waals surface area (Å²) < 4.78 is 37.9. The number of nitrogens with zero attached hydrogens (tertiary/aromatic N) is 2. The summed E-state index contributed by atoms with van der Waals surface area (Å²) in [5, 5.41) is 13.8. The van der Waals surface area contributed by atoms with Crippen molar-refractivity contribution < 1.29 is 27.6 Å². The highest BCUT2D eigenvalue weighted by Gasteiger charge is 2.28. The van der Waals surface area contributed by atoms with E-state index in [2.05, 4.69) is 5.32 Å². The summed E-state index contributed by atoms with van der Waals surface area (Å²) in [6, 6.07) is 17.4. The number of rotatable bonds is 7. The van der Waals surface area contributed by atoms with Crippen molar-refractivity contribution in [2.45, 2.75) is 4.90 Å². The molecule has 1 aliphatic rings. The van der Waals surface area contributed by atoms with Gasteiger partial charge in [-0.3, -0.25) is 19.2 Å². The zero-order valence-electron chi connectivity index (χ0n) is 16.5. The zero-order valence-corrected chi connectivity index (χ0v) is 17.3. The van der Waals surface area contributed by atoms with Gasteiger partial charge in [-0.15, -0.1) is 0 Å².